The van der Waals surface area contributed by atoms with Crippen LogP contribution in [0.1, 0.15) is 11.5 Å². The van der Waals surface area contributed by atoms with Crippen molar-refractivity contribution in [2.45, 2.75) is 12.0 Å². The SMILES string of the molecule is CN(C)C1CN(c2nc3c(F)cccc3c(=O)[nH]2)CC1c1ccc(F)cc1. The Bertz CT molecular complexity index is 1030. The first kappa shape index (κ1) is 17.6. The maximum Gasteiger partial charge on any atom is 0.260 e. The molecule has 1 fully saturated rings. The fourth-order valence-corrected chi connectivity index (χ4v) is 3.79. The van der Waals surface area contributed by atoms with Crippen molar-refractivity contribution in [3.63, 3.8) is 0 Å². The first-order valence-corrected chi connectivity index (χ1v) is 8.79. The fourth-order valence-electron chi connectivity index (χ4n) is 3.79. The molecule has 3 aromatic rings. The number of likely N-dealkylation sites (N-methyl/N-ethyl adjacent to an activating group) is 1. The van der Waals surface area contributed by atoms with Crippen molar-refractivity contribution in [1.29, 1.82) is 0 Å². The van der Waals surface area contributed by atoms with Gasteiger partial charge in [-0.25, -0.2) is 13.8 Å². The number of nitrogens with zero attached hydrogens (tertiary/aromatic N) is 3. The van der Waals surface area contributed by atoms with Gasteiger partial charge in [-0.15, -0.1) is 0 Å². The van der Waals surface area contributed by atoms with E-state index >= 15 is 0 Å². The van der Waals surface area contributed by atoms with Crippen LogP contribution in [0.4, 0.5) is 14.7 Å². The van der Waals surface area contributed by atoms with Crippen molar-refractivity contribution < 1.29 is 8.78 Å². The molecule has 140 valence electrons. The third-order valence-corrected chi connectivity index (χ3v) is 5.22. The molecular weight excluding hydrogens is 350 g/mol. The summed E-state index contributed by atoms with van der Waals surface area (Å²) in [7, 11) is 3.97. The molecule has 2 unspecified atom stereocenters. The summed E-state index contributed by atoms with van der Waals surface area (Å²) in [5, 5.41) is 0.234. The van der Waals surface area contributed by atoms with Gasteiger partial charge in [0.25, 0.3) is 5.56 Å². The van der Waals surface area contributed by atoms with Gasteiger partial charge in [0.1, 0.15) is 17.2 Å². The highest BCUT2D eigenvalue weighted by atomic mass is 19.1. The summed E-state index contributed by atoms with van der Waals surface area (Å²) in [6, 6.07) is 11.0. The van der Waals surface area contributed by atoms with Crippen molar-refractivity contribution in [3.8, 4) is 0 Å². The Hall–Kier alpha value is -2.80. The molecule has 0 radical (unpaired) electrons. The van der Waals surface area contributed by atoms with E-state index in [1.807, 2.05) is 19.0 Å². The minimum atomic E-state index is -0.515. The normalized spacial score (nSPS) is 20.0. The second-order valence-corrected chi connectivity index (χ2v) is 7.12. The fraction of sp³-hybridized carbons (Fsp3) is 0.300. The average Bonchev–Trinajstić information content (AvgIpc) is 3.09. The van der Waals surface area contributed by atoms with E-state index in [0.717, 1.165) is 5.56 Å². The van der Waals surface area contributed by atoms with Crippen LogP contribution in [0.5, 0.6) is 0 Å². The molecule has 5 nitrogen and oxygen atoms in total. The summed E-state index contributed by atoms with van der Waals surface area (Å²) < 4.78 is 27.4. The molecule has 0 spiro atoms. The number of hydrogen-bond donors (Lipinski definition) is 1. The third-order valence-electron chi connectivity index (χ3n) is 5.22. The van der Waals surface area contributed by atoms with E-state index in [4.69, 9.17) is 0 Å². The number of anilines is 1. The Morgan fingerprint density at radius 2 is 1.85 bits per heavy atom. The zero-order valence-electron chi connectivity index (χ0n) is 15.1. The van der Waals surface area contributed by atoms with Gasteiger partial charge in [-0.2, -0.15) is 0 Å². The number of aromatic amines is 1. The standard InChI is InChI=1S/C20H20F2N4O/c1-25(2)17-11-26(10-15(17)12-6-8-13(21)9-7-12)20-23-18-14(19(27)24-20)4-3-5-16(18)22/h3-9,15,17H,10-11H2,1-2H3,(H,23,24,27). The van der Waals surface area contributed by atoms with Gasteiger partial charge in [0, 0.05) is 25.0 Å². The molecule has 1 saturated heterocycles. The first-order valence-electron chi connectivity index (χ1n) is 8.79. The topological polar surface area (TPSA) is 52.2 Å². The van der Waals surface area contributed by atoms with Gasteiger partial charge in [0.15, 0.2) is 0 Å². The lowest BCUT2D eigenvalue weighted by atomic mass is 9.94. The predicted molar refractivity (Wildman–Crippen MR) is 101 cm³/mol. The van der Waals surface area contributed by atoms with E-state index in [1.54, 1.807) is 18.2 Å². The van der Waals surface area contributed by atoms with Crippen LogP contribution in [-0.2, 0) is 0 Å². The number of fused-ring (bicyclic) bond motifs is 1. The van der Waals surface area contributed by atoms with Crippen molar-refractivity contribution >= 4 is 16.9 Å². The van der Waals surface area contributed by atoms with Crippen LogP contribution in [0.25, 0.3) is 10.9 Å². The molecule has 2 atom stereocenters. The Labute approximate surface area is 155 Å². The van der Waals surface area contributed by atoms with E-state index in [9.17, 15) is 13.6 Å². The summed E-state index contributed by atoms with van der Waals surface area (Å²) in [4.78, 5) is 23.6. The lowest BCUT2D eigenvalue weighted by Crippen LogP contribution is -2.35. The lowest BCUT2D eigenvalue weighted by molar-refractivity contribution is 0.292. The number of halogens is 2. The maximum absolute atomic E-state index is 14.1. The molecule has 0 amide bonds. The molecular formula is C20H20F2N4O. The van der Waals surface area contributed by atoms with Crippen LogP contribution in [0, 0.1) is 11.6 Å². The zero-order valence-corrected chi connectivity index (χ0v) is 15.1. The molecule has 1 N–H and O–H groups in total. The molecule has 2 heterocycles. The number of para-hydroxylation sites is 1. The van der Waals surface area contributed by atoms with E-state index in [0.29, 0.717) is 19.0 Å². The third kappa shape index (κ3) is 3.19. The second-order valence-electron chi connectivity index (χ2n) is 7.12. The summed E-state index contributed by atoms with van der Waals surface area (Å²) in [6.45, 7) is 1.22. The molecule has 1 aliphatic heterocycles. The number of hydrogen-bond acceptors (Lipinski definition) is 4. The average molecular weight is 370 g/mol. The number of rotatable bonds is 3. The number of H-pyrrole nitrogens is 1. The molecule has 0 bridgehead atoms. The summed E-state index contributed by atoms with van der Waals surface area (Å²) in [5.41, 5.74) is 0.732. The van der Waals surface area contributed by atoms with Gasteiger partial charge >= 0.3 is 0 Å². The molecule has 0 aliphatic carbocycles. The Balaban J connectivity index is 1.73. The molecule has 1 aliphatic rings. The molecule has 4 rings (SSSR count). The summed E-state index contributed by atoms with van der Waals surface area (Å²) in [5.74, 6) is -0.319. The second kappa shape index (κ2) is 6.74. The summed E-state index contributed by atoms with van der Waals surface area (Å²) >= 11 is 0. The Morgan fingerprint density at radius 3 is 2.56 bits per heavy atom. The zero-order chi connectivity index (χ0) is 19.1. The van der Waals surface area contributed by atoms with Crippen LogP contribution in [-0.4, -0.2) is 48.1 Å². The molecule has 2 aromatic carbocycles. The quantitative estimate of drug-likeness (QED) is 0.770. The number of aromatic nitrogens is 2. The largest absolute Gasteiger partial charge is 0.340 e. The van der Waals surface area contributed by atoms with Crippen molar-refractivity contribution in [1.82, 2.24) is 14.9 Å². The highest BCUT2D eigenvalue weighted by molar-refractivity contribution is 5.79. The number of benzene rings is 2. The highest BCUT2D eigenvalue weighted by Gasteiger charge is 2.36. The molecule has 0 saturated carbocycles. The molecule has 1 aromatic heterocycles. The Kier molecular flexibility index (Phi) is 4.39. The summed E-state index contributed by atoms with van der Waals surface area (Å²) in [6.07, 6.45) is 0. The molecule has 7 heteroatoms. The monoisotopic (exact) mass is 370 g/mol. The van der Waals surface area contributed by atoms with Gasteiger partial charge in [-0.3, -0.25) is 9.78 Å². The van der Waals surface area contributed by atoms with Crippen molar-refractivity contribution in [2.24, 2.45) is 0 Å². The maximum atomic E-state index is 14.1. The molecule has 27 heavy (non-hydrogen) atoms. The van der Waals surface area contributed by atoms with E-state index in [-0.39, 0.29) is 34.2 Å². The van der Waals surface area contributed by atoms with Crippen LogP contribution in [0.3, 0.4) is 0 Å². The minimum absolute atomic E-state index is 0.0721. The first-order chi connectivity index (χ1) is 12.9. The van der Waals surface area contributed by atoms with Gasteiger partial charge in [-0.05, 0) is 43.9 Å². The van der Waals surface area contributed by atoms with Gasteiger partial charge < -0.3 is 9.80 Å². The van der Waals surface area contributed by atoms with E-state index in [1.165, 1.54) is 24.3 Å². The van der Waals surface area contributed by atoms with E-state index < -0.39 is 5.82 Å². The highest BCUT2D eigenvalue weighted by Crippen LogP contribution is 2.32. The van der Waals surface area contributed by atoms with Crippen LogP contribution >= 0.6 is 0 Å². The van der Waals surface area contributed by atoms with Gasteiger partial charge in [0.2, 0.25) is 5.95 Å². The van der Waals surface area contributed by atoms with Gasteiger partial charge in [-0.1, -0.05) is 18.2 Å². The van der Waals surface area contributed by atoms with Crippen LogP contribution in [0.2, 0.25) is 0 Å². The predicted octanol–water partition coefficient (Wildman–Crippen LogP) is 2.74. The van der Waals surface area contributed by atoms with Crippen molar-refractivity contribution in [3.05, 3.63) is 70.0 Å². The van der Waals surface area contributed by atoms with Gasteiger partial charge in [0.05, 0.1) is 5.39 Å². The van der Waals surface area contributed by atoms with Crippen molar-refractivity contribution in [2.75, 3.05) is 32.1 Å². The van der Waals surface area contributed by atoms with Crippen LogP contribution in [0.15, 0.2) is 47.3 Å². The van der Waals surface area contributed by atoms with E-state index in [2.05, 4.69) is 14.9 Å². The lowest BCUT2D eigenvalue weighted by Gasteiger charge is -2.25. The minimum Gasteiger partial charge on any atom is -0.340 e. The Morgan fingerprint density at radius 1 is 1.11 bits per heavy atom. The number of nitrogens with one attached hydrogen (secondary N) is 1. The smallest absolute Gasteiger partial charge is 0.260 e. The van der Waals surface area contributed by atoms with Crippen LogP contribution < -0.4 is 10.5 Å².